The third kappa shape index (κ3) is 9.63. The van der Waals surface area contributed by atoms with Crippen LogP contribution in [0.25, 0.3) is 11.9 Å². The molecule has 1 heterocycles. The molecule has 0 radical (unpaired) electrons. The number of alkyl carbamates (subject to hydrolysis) is 1. The zero-order valence-corrected chi connectivity index (χ0v) is 30.2. The Morgan fingerprint density at radius 3 is 2.24 bits per heavy atom. The van der Waals surface area contributed by atoms with Crippen molar-refractivity contribution < 1.29 is 32.6 Å². The number of aryl methyl sites for hydroxylation is 1. The third-order valence-corrected chi connectivity index (χ3v) is 10.5. The Morgan fingerprint density at radius 2 is 1.62 bits per heavy atom. The van der Waals surface area contributed by atoms with Gasteiger partial charge in [-0.05, 0) is 113 Å². The van der Waals surface area contributed by atoms with Crippen molar-refractivity contribution in [1.29, 1.82) is 0 Å². The standard InChI is InChI=1S/C37H47N5O7S/c1-36(2,3)49-35(46)42-33-29-16-14-28(20-25(29)18-19-39-33)41-32(34(44)45)24-12-10-23(11-13-24)8-7-9-31(43)40-27-15-17-30(26(21-27)22-38)50(47,48)37(4,5)6/h10-18,20-21,32,39,41H,7-9,19,22,38H2,1-6H3,(H,40,43)(H,42,46)(H,44,45). The molecule has 13 heteroatoms. The first-order valence-corrected chi connectivity index (χ1v) is 17.9. The molecule has 7 N–H and O–H groups in total. The average molecular weight is 706 g/mol. The molecule has 3 aromatic rings. The molecule has 1 aliphatic rings. The smallest absolute Gasteiger partial charge is 0.413 e. The van der Waals surface area contributed by atoms with Gasteiger partial charge in [0.05, 0.1) is 9.64 Å². The highest BCUT2D eigenvalue weighted by Crippen LogP contribution is 2.29. The molecule has 0 aliphatic carbocycles. The number of carbonyl (C=O) groups is 3. The van der Waals surface area contributed by atoms with Crippen LogP contribution < -0.4 is 37.4 Å². The van der Waals surface area contributed by atoms with Gasteiger partial charge in [0, 0.05) is 36.1 Å². The van der Waals surface area contributed by atoms with Crippen LogP contribution in [0.2, 0.25) is 0 Å². The lowest BCUT2D eigenvalue weighted by Gasteiger charge is -2.22. The van der Waals surface area contributed by atoms with E-state index in [4.69, 9.17) is 10.5 Å². The van der Waals surface area contributed by atoms with E-state index >= 15 is 0 Å². The van der Waals surface area contributed by atoms with Crippen molar-refractivity contribution in [3.8, 4) is 0 Å². The number of carboxylic acid groups (broad SMARTS) is 1. The van der Waals surface area contributed by atoms with E-state index in [1.807, 2.05) is 24.3 Å². The maximum atomic E-state index is 12.9. The first kappa shape index (κ1) is 37.9. The molecule has 12 nitrogen and oxygen atoms in total. The van der Waals surface area contributed by atoms with Crippen LogP contribution in [0.1, 0.15) is 77.1 Å². The number of benzene rings is 3. The number of amides is 2. The largest absolute Gasteiger partial charge is 0.479 e. The minimum absolute atomic E-state index is 0.0148. The Kier molecular flexibility index (Phi) is 11.6. The van der Waals surface area contributed by atoms with E-state index in [-0.39, 0.29) is 23.8 Å². The van der Waals surface area contributed by atoms with Gasteiger partial charge in [-0.2, -0.15) is 0 Å². The molecule has 3 aromatic carbocycles. The molecule has 0 spiro atoms. The van der Waals surface area contributed by atoms with Crippen molar-refractivity contribution in [2.24, 2.45) is 5.73 Å². The quantitative estimate of drug-likeness (QED) is 0.161. The zero-order chi connectivity index (χ0) is 36.9. The van der Waals surface area contributed by atoms with Crippen LogP contribution >= 0.6 is 0 Å². The second kappa shape index (κ2) is 15.3. The molecule has 0 bridgehead atoms. The fourth-order valence-electron chi connectivity index (χ4n) is 5.34. The first-order valence-electron chi connectivity index (χ1n) is 16.4. The number of carbonyl (C=O) groups excluding carboxylic acids is 2. The van der Waals surface area contributed by atoms with Crippen LogP contribution in [-0.4, -0.2) is 48.4 Å². The minimum Gasteiger partial charge on any atom is -0.479 e. The van der Waals surface area contributed by atoms with Crippen molar-refractivity contribution in [3.05, 3.63) is 87.8 Å². The minimum atomic E-state index is -3.60. The van der Waals surface area contributed by atoms with Gasteiger partial charge in [-0.1, -0.05) is 30.3 Å². The third-order valence-electron chi connectivity index (χ3n) is 7.95. The van der Waals surface area contributed by atoms with Crippen molar-refractivity contribution >= 4 is 51.1 Å². The summed E-state index contributed by atoms with van der Waals surface area (Å²) in [6.07, 6.45) is 2.75. The van der Waals surface area contributed by atoms with E-state index in [9.17, 15) is 27.9 Å². The molecule has 4 rings (SSSR count). The summed E-state index contributed by atoms with van der Waals surface area (Å²) in [7, 11) is -3.60. The van der Waals surface area contributed by atoms with E-state index in [0.29, 0.717) is 47.7 Å². The van der Waals surface area contributed by atoms with Gasteiger partial charge in [0.25, 0.3) is 0 Å². The number of nitrogens with two attached hydrogens (primary N) is 1. The topological polar surface area (TPSA) is 189 Å². The second-order valence-electron chi connectivity index (χ2n) is 14.1. The Labute approximate surface area is 293 Å². The highest BCUT2D eigenvalue weighted by atomic mass is 32.2. The summed E-state index contributed by atoms with van der Waals surface area (Å²) in [6, 6.07) is 16.2. The van der Waals surface area contributed by atoms with Crippen molar-refractivity contribution in [1.82, 2.24) is 10.6 Å². The van der Waals surface area contributed by atoms with Gasteiger partial charge in [-0.15, -0.1) is 0 Å². The van der Waals surface area contributed by atoms with Crippen LogP contribution in [-0.2, 0) is 37.1 Å². The number of fused-ring (bicyclic) bond motifs is 1. The molecular weight excluding hydrogens is 659 g/mol. The number of hydrogen-bond acceptors (Lipinski definition) is 9. The summed E-state index contributed by atoms with van der Waals surface area (Å²) in [5, 5.41) is 23.4. The summed E-state index contributed by atoms with van der Waals surface area (Å²) in [5.74, 6) is -0.747. The van der Waals surface area contributed by atoms with Crippen LogP contribution in [0.3, 0.4) is 0 Å². The number of nitrogens with one attached hydrogen (secondary N) is 4. The fourth-order valence-corrected chi connectivity index (χ4v) is 6.74. The maximum absolute atomic E-state index is 12.9. The van der Waals surface area contributed by atoms with Gasteiger partial charge < -0.3 is 31.5 Å². The lowest BCUT2D eigenvalue weighted by molar-refractivity contribution is -0.138. The summed E-state index contributed by atoms with van der Waals surface area (Å²) in [6.45, 7) is 10.7. The molecule has 0 fully saturated rings. The summed E-state index contributed by atoms with van der Waals surface area (Å²) < 4.78 is 30.2. The predicted molar refractivity (Wildman–Crippen MR) is 194 cm³/mol. The summed E-state index contributed by atoms with van der Waals surface area (Å²) in [5.41, 5.74) is 8.23. The normalized spacial score (nSPS) is 13.6. The van der Waals surface area contributed by atoms with Gasteiger partial charge in [0.15, 0.2) is 15.9 Å². The van der Waals surface area contributed by atoms with Gasteiger partial charge in [-0.25, -0.2) is 18.0 Å². The lowest BCUT2D eigenvalue weighted by Crippen LogP contribution is -2.45. The molecule has 0 saturated carbocycles. The first-order chi connectivity index (χ1) is 23.4. The van der Waals surface area contributed by atoms with Crippen LogP contribution in [0, 0.1) is 0 Å². The van der Waals surface area contributed by atoms with Crippen LogP contribution in [0.4, 0.5) is 16.2 Å². The second-order valence-corrected chi connectivity index (χ2v) is 16.8. The average Bonchev–Trinajstić information content (AvgIpc) is 3.02. The Bertz CT molecular complexity index is 1980. The van der Waals surface area contributed by atoms with Crippen molar-refractivity contribution in [2.45, 2.75) is 88.6 Å². The molecule has 1 unspecified atom stereocenters. The van der Waals surface area contributed by atoms with Crippen molar-refractivity contribution in [2.75, 3.05) is 17.2 Å². The molecule has 0 aromatic heterocycles. The number of ether oxygens (including phenoxy) is 1. The van der Waals surface area contributed by atoms with E-state index in [1.54, 1.807) is 77.9 Å². The van der Waals surface area contributed by atoms with E-state index in [1.165, 1.54) is 6.07 Å². The van der Waals surface area contributed by atoms with Crippen LogP contribution in [0.15, 0.2) is 65.6 Å². The number of aliphatic carboxylic acids is 1. The Morgan fingerprint density at radius 1 is 0.940 bits per heavy atom. The SMILES string of the molecule is CC(C)(C)OC(=O)NC1=c2ccc(NC(C(=O)O)c3ccc(CCCC(=O)Nc4ccc(S(=O)(=O)C(C)(C)C)c(CN)c4)cc3)cc2=CCN1. The Hall–Kier alpha value is -4.88. The lowest BCUT2D eigenvalue weighted by atomic mass is 10.0. The fraction of sp³-hybridized carbons (Fsp3) is 0.378. The summed E-state index contributed by atoms with van der Waals surface area (Å²) >= 11 is 0. The molecule has 50 heavy (non-hydrogen) atoms. The van der Waals surface area contributed by atoms with Gasteiger partial charge in [0.2, 0.25) is 5.91 Å². The van der Waals surface area contributed by atoms with Crippen LogP contribution in [0.5, 0.6) is 0 Å². The van der Waals surface area contributed by atoms with Crippen molar-refractivity contribution in [3.63, 3.8) is 0 Å². The molecule has 0 saturated heterocycles. The molecule has 1 atom stereocenters. The maximum Gasteiger partial charge on any atom is 0.413 e. The van der Waals surface area contributed by atoms with Gasteiger partial charge in [0.1, 0.15) is 11.4 Å². The number of rotatable bonds is 12. The molecule has 268 valence electrons. The predicted octanol–water partition coefficient (Wildman–Crippen LogP) is 3.89. The highest BCUT2D eigenvalue weighted by molar-refractivity contribution is 7.92. The number of sulfone groups is 1. The summed E-state index contributed by atoms with van der Waals surface area (Å²) in [4.78, 5) is 37.4. The van der Waals surface area contributed by atoms with E-state index in [0.717, 1.165) is 16.0 Å². The molecule has 1 aliphatic heterocycles. The molecule has 2 amide bonds. The Balaban J connectivity index is 1.36. The van der Waals surface area contributed by atoms with Gasteiger partial charge >= 0.3 is 12.1 Å². The number of anilines is 2. The molecular formula is C37H47N5O7S. The number of carboxylic acids is 1. The van der Waals surface area contributed by atoms with E-state index < -0.39 is 38.3 Å². The van der Waals surface area contributed by atoms with Gasteiger partial charge in [-0.3, -0.25) is 10.1 Å². The monoisotopic (exact) mass is 705 g/mol. The number of hydrogen-bond donors (Lipinski definition) is 6. The highest BCUT2D eigenvalue weighted by Gasteiger charge is 2.32. The van der Waals surface area contributed by atoms with E-state index in [2.05, 4.69) is 21.3 Å². The zero-order valence-electron chi connectivity index (χ0n) is 29.3.